The van der Waals surface area contributed by atoms with E-state index in [4.69, 9.17) is 4.42 Å². The van der Waals surface area contributed by atoms with Crippen LogP contribution in [0.2, 0.25) is 0 Å². The summed E-state index contributed by atoms with van der Waals surface area (Å²) in [6.45, 7) is 1.53. The van der Waals surface area contributed by atoms with Crippen LogP contribution < -0.4 is 5.32 Å². The highest BCUT2D eigenvalue weighted by atomic mass is 16.6. The zero-order valence-electron chi connectivity index (χ0n) is 11.7. The Kier molecular flexibility index (Phi) is 3.76. The van der Waals surface area contributed by atoms with Crippen molar-refractivity contribution in [1.29, 1.82) is 0 Å². The van der Waals surface area contributed by atoms with Crippen molar-refractivity contribution in [2.75, 3.05) is 13.6 Å². The number of rotatable bonds is 5. The molecule has 1 N–H and O–H groups in total. The van der Waals surface area contributed by atoms with Gasteiger partial charge in [-0.1, -0.05) is 0 Å². The summed E-state index contributed by atoms with van der Waals surface area (Å²) in [6, 6.07) is 4.59. The van der Waals surface area contributed by atoms with E-state index in [1.54, 1.807) is 6.07 Å². The van der Waals surface area contributed by atoms with E-state index >= 15 is 0 Å². The molecule has 6 heteroatoms. The second-order valence-corrected chi connectivity index (χ2v) is 6.02. The van der Waals surface area contributed by atoms with Crippen LogP contribution in [0.3, 0.4) is 0 Å². The standard InChI is InChI=1S/C14H21N3O3/c1-16-11-2-3-12(16)7-10(6-11)8-15-9-13-4-5-14(20-13)17(18)19/h4-5,10-12,15H,2-3,6-9H2,1H3. The molecule has 6 nitrogen and oxygen atoms in total. The van der Waals surface area contributed by atoms with Crippen LogP contribution in [0.15, 0.2) is 16.5 Å². The molecule has 2 unspecified atom stereocenters. The number of piperidine rings is 1. The van der Waals surface area contributed by atoms with Crippen LogP contribution in [0.1, 0.15) is 31.4 Å². The van der Waals surface area contributed by atoms with Gasteiger partial charge in [0.25, 0.3) is 0 Å². The van der Waals surface area contributed by atoms with E-state index in [9.17, 15) is 10.1 Å². The summed E-state index contributed by atoms with van der Waals surface area (Å²) in [5.41, 5.74) is 0. The summed E-state index contributed by atoms with van der Waals surface area (Å²) in [7, 11) is 2.24. The van der Waals surface area contributed by atoms with Crippen molar-refractivity contribution in [2.24, 2.45) is 5.92 Å². The van der Waals surface area contributed by atoms with E-state index in [0.29, 0.717) is 18.2 Å². The van der Waals surface area contributed by atoms with Crippen molar-refractivity contribution >= 4 is 5.88 Å². The van der Waals surface area contributed by atoms with Gasteiger partial charge in [-0.15, -0.1) is 0 Å². The maximum absolute atomic E-state index is 10.5. The molecule has 2 saturated heterocycles. The summed E-state index contributed by atoms with van der Waals surface area (Å²) in [6.07, 6.45) is 5.20. The topological polar surface area (TPSA) is 71.5 Å². The zero-order valence-corrected chi connectivity index (χ0v) is 11.7. The Bertz CT molecular complexity index is 474. The normalized spacial score (nSPS) is 29.8. The summed E-state index contributed by atoms with van der Waals surface area (Å²) in [5, 5.41) is 13.9. The van der Waals surface area contributed by atoms with Gasteiger partial charge in [0, 0.05) is 12.1 Å². The molecule has 0 aliphatic carbocycles. The number of fused-ring (bicyclic) bond motifs is 2. The Morgan fingerprint density at radius 2 is 2.10 bits per heavy atom. The lowest BCUT2D eigenvalue weighted by molar-refractivity contribution is -0.402. The monoisotopic (exact) mass is 279 g/mol. The lowest BCUT2D eigenvalue weighted by atomic mass is 9.91. The Morgan fingerprint density at radius 3 is 2.70 bits per heavy atom. The molecule has 3 heterocycles. The Labute approximate surface area is 118 Å². The molecule has 1 aromatic heterocycles. The van der Waals surface area contributed by atoms with Crippen LogP contribution in [0.25, 0.3) is 0 Å². The highest BCUT2D eigenvalue weighted by molar-refractivity contribution is 5.17. The van der Waals surface area contributed by atoms with Crippen molar-refractivity contribution in [1.82, 2.24) is 10.2 Å². The lowest BCUT2D eigenvalue weighted by Crippen LogP contribution is -2.42. The molecular formula is C14H21N3O3. The first-order valence-corrected chi connectivity index (χ1v) is 7.29. The first-order chi connectivity index (χ1) is 9.63. The molecule has 3 rings (SSSR count). The number of hydrogen-bond acceptors (Lipinski definition) is 5. The predicted molar refractivity (Wildman–Crippen MR) is 74.4 cm³/mol. The van der Waals surface area contributed by atoms with Crippen LogP contribution in [-0.2, 0) is 6.54 Å². The van der Waals surface area contributed by atoms with Crippen molar-refractivity contribution in [2.45, 2.75) is 44.3 Å². The molecular weight excluding hydrogens is 258 g/mol. The number of nitrogens with one attached hydrogen (secondary N) is 1. The van der Waals surface area contributed by atoms with Gasteiger partial charge in [0.05, 0.1) is 12.6 Å². The molecule has 2 atom stereocenters. The zero-order chi connectivity index (χ0) is 14.1. The predicted octanol–water partition coefficient (Wildman–Crippen LogP) is 2.15. The van der Waals surface area contributed by atoms with Gasteiger partial charge in [-0.2, -0.15) is 0 Å². The highest BCUT2D eigenvalue weighted by Gasteiger charge is 2.37. The molecule has 0 radical (unpaired) electrons. The minimum absolute atomic E-state index is 0.181. The van der Waals surface area contributed by atoms with Gasteiger partial charge in [0.15, 0.2) is 0 Å². The third-order valence-corrected chi connectivity index (χ3v) is 4.76. The van der Waals surface area contributed by atoms with Crippen molar-refractivity contribution < 1.29 is 9.34 Å². The first kappa shape index (κ1) is 13.6. The largest absolute Gasteiger partial charge is 0.433 e. The average molecular weight is 279 g/mol. The smallest absolute Gasteiger partial charge is 0.404 e. The second kappa shape index (κ2) is 5.54. The van der Waals surface area contributed by atoms with Gasteiger partial charge in [-0.05, 0) is 51.3 Å². The third kappa shape index (κ3) is 2.71. The lowest BCUT2D eigenvalue weighted by Gasteiger charge is -2.36. The molecule has 110 valence electrons. The van der Waals surface area contributed by atoms with Crippen molar-refractivity contribution in [3.63, 3.8) is 0 Å². The van der Waals surface area contributed by atoms with Crippen LogP contribution in [0.4, 0.5) is 5.88 Å². The SMILES string of the molecule is CN1C2CCC1CC(CNCc1ccc([N+](=O)[O-])o1)C2. The summed E-state index contributed by atoms with van der Waals surface area (Å²) < 4.78 is 5.14. The van der Waals surface area contributed by atoms with E-state index in [0.717, 1.165) is 18.6 Å². The van der Waals surface area contributed by atoms with Crippen molar-refractivity contribution in [3.8, 4) is 0 Å². The fourth-order valence-electron chi connectivity index (χ4n) is 3.65. The Hall–Kier alpha value is -1.40. The molecule has 0 spiro atoms. The average Bonchev–Trinajstić information content (AvgIpc) is 2.93. The first-order valence-electron chi connectivity index (χ1n) is 7.29. The minimum Gasteiger partial charge on any atom is -0.404 e. The maximum atomic E-state index is 10.5. The van der Waals surface area contributed by atoms with Gasteiger partial charge in [0.2, 0.25) is 0 Å². The van der Waals surface area contributed by atoms with Crippen LogP contribution in [0, 0.1) is 16.0 Å². The maximum Gasteiger partial charge on any atom is 0.433 e. The number of nitro groups is 1. The molecule has 20 heavy (non-hydrogen) atoms. The molecule has 2 aliphatic rings. The van der Waals surface area contributed by atoms with Gasteiger partial charge >= 0.3 is 5.88 Å². The van der Waals surface area contributed by atoms with Crippen LogP contribution in [0.5, 0.6) is 0 Å². The van der Waals surface area contributed by atoms with E-state index in [-0.39, 0.29) is 5.88 Å². The molecule has 2 fully saturated rings. The van der Waals surface area contributed by atoms with E-state index in [2.05, 4.69) is 17.3 Å². The molecule has 0 aromatic carbocycles. The van der Waals surface area contributed by atoms with Gasteiger partial charge < -0.3 is 14.6 Å². The number of hydrogen-bond donors (Lipinski definition) is 1. The van der Waals surface area contributed by atoms with Crippen LogP contribution in [-0.4, -0.2) is 35.5 Å². The molecule has 0 amide bonds. The Morgan fingerprint density at radius 1 is 1.40 bits per heavy atom. The quantitative estimate of drug-likeness (QED) is 0.660. The van der Waals surface area contributed by atoms with Gasteiger partial charge in [-0.3, -0.25) is 10.1 Å². The third-order valence-electron chi connectivity index (χ3n) is 4.76. The summed E-state index contributed by atoms with van der Waals surface area (Å²) in [4.78, 5) is 12.6. The number of furan rings is 1. The summed E-state index contributed by atoms with van der Waals surface area (Å²) in [5.74, 6) is 1.17. The molecule has 1 aromatic rings. The number of nitrogens with zero attached hydrogens (tertiary/aromatic N) is 2. The highest BCUT2D eigenvalue weighted by Crippen LogP contribution is 2.37. The molecule has 0 saturated carbocycles. The van der Waals surface area contributed by atoms with Crippen molar-refractivity contribution in [3.05, 3.63) is 28.0 Å². The van der Waals surface area contributed by atoms with E-state index in [1.807, 2.05) is 0 Å². The fourth-order valence-corrected chi connectivity index (χ4v) is 3.65. The minimum atomic E-state index is -0.502. The van der Waals surface area contributed by atoms with Gasteiger partial charge in [0.1, 0.15) is 10.7 Å². The van der Waals surface area contributed by atoms with E-state index in [1.165, 1.54) is 31.7 Å². The molecule has 2 bridgehead atoms. The van der Waals surface area contributed by atoms with Gasteiger partial charge in [-0.25, -0.2) is 0 Å². The second-order valence-electron chi connectivity index (χ2n) is 6.02. The Balaban J connectivity index is 1.45. The van der Waals surface area contributed by atoms with E-state index < -0.39 is 4.92 Å². The molecule has 2 aliphatic heterocycles. The fraction of sp³-hybridized carbons (Fsp3) is 0.714. The summed E-state index contributed by atoms with van der Waals surface area (Å²) >= 11 is 0. The van der Waals surface area contributed by atoms with Crippen LogP contribution >= 0.6 is 0 Å².